The molecule has 0 unspecified atom stereocenters. The van der Waals surface area contributed by atoms with E-state index in [-0.39, 0.29) is 23.0 Å². The molecule has 1 aromatic heterocycles. The first kappa shape index (κ1) is 18.6. The summed E-state index contributed by atoms with van der Waals surface area (Å²) in [5.74, 6) is -0.774. The molecule has 6 nitrogen and oxygen atoms in total. The molecule has 1 saturated heterocycles. The van der Waals surface area contributed by atoms with E-state index in [2.05, 4.69) is 11.9 Å². The van der Waals surface area contributed by atoms with E-state index < -0.39 is 11.8 Å². The molecule has 2 heterocycles. The number of amides is 2. The Morgan fingerprint density at radius 2 is 1.89 bits per heavy atom. The van der Waals surface area contributed by atoms with Crippen LogP contribution in [-0.2, 0) is 9.59 Å². The first-order valence-corrected chi connectivity index (χ1v) is 8.72. The van der Waals surface area contributed by atoms with Crippen molar-refractivity contribution >= 4 is 35.2 Å². The fourth-order valence-electron chi connectivity index (χ4n) is 3.08. The largest absolute Gasteiger partial charge is 0.508 e. The summed E-state index contributed by atoms with van der Waals surface area (Å²) in [6.45, 7) is 7.68. The van der Waals surface area contributed by atoms with Gasteiger partial charge >= 0.3 is 0 Å². The summed E-state index contributed by atoms with van der Waals surface area (Å²) in [6, 6.07) is 8.72. The first-order chi connectivity index (χ1) is 12.8. The van der Waals surface area contributed by atoms with Crippen molar-refractivity contribution in [3.8, 4) is 11.4 Å². The fraction of sp³-hybridized carbons (Fsp3) is 0.150. The van der Waals surface area contributed by atoms with Crippen LogP contribution in [0.5, 0.6) is 5.75 Å². The quantitative estimate of drug-likeness (QED) is 0.370. The maximum Gasteiger partial charge on any atom is 0.265 e. The second-order valence-electron chi connectivity index (χ2n) is 6.20. The third kappa shape index (κ3) is 3.41. The van der Waals surface area contributed by atoms with Crippen LogP contribution in [0.3, 0.4) is 0 Å². The van der Waals surface area contributed by atoms with Crippen molar-refractivity contribution in [2.75, 3.05) is 6.54 Å². The highest BCUT2D eigenvalue weighted by Gasteiger charge is 2.32. The molecule has 7 heteroatoms. The lowest BCUT2D eigenvalue weighted by Crippen LogP contribution is -2.53. The number of hydrogen-bond donors (Lipinski definition) is 2. The molecular formula is C20H19N3O3S. The van der Waals surface area contributed by atoms with Gasteiger partial charge in [-0.2, -0.15) is 0 Å². The van der Waals surface area contributed by atoms with E-state index >= 15 is 0 Å². The van der Waals surface area contributed by atoms with Crippen LogP contribution in [0.2, 0.25) is 0 Å². The number of aromatic nitrogens is 1. The van der Waals surface area contributed by atoms with E-state index in [9.17, 15) is 14.7 Å². The zero-order chi connectivity index (χ0) is 19.7. The topological polar surface area (TPSA) is 74.6 Å². The van der Waals surface area contributed by atoms with Crippen molar-refractivity contribution in [2.24, 2.45) is 0 Å². The molecule has 1 aromatic carbocycles. The second kappa shape index (κ2) is 7.20. The number of nitrogens with one attached hydrogen (secondary N) is 1. The van der Waals surface area contributed by atoms with Crippen LogP contribution in [0, 0.1) is 13.8 Å². The average molecular weight is 381 g/mol. The van der Waals surface area contributed by atoms with Gasteiger partial charge in [0.1, 0.15) is 11.3 Å². The smallest absolute Gasteiger partial charge is 0.265 e. The Morgan fingerprint density at radius 3 is 2.52 bits per heavy atom. The average Bonchev–Trinajstić information content (AvgIpc) is 2.90. The van der Waals surface area contributed by atoms with Gasteiger partial charge in [0.05, 0.1) is 0 Å². The highest BCUT2D eigenvalue weighted by molar-refractivity contribution is 7.80. The molecule has 3 rings (SSSR count). The Bertz CT molecular complexity index is 987. The maximum atomic E-state index is 12.7. The van der Waals surface area contributed by atoms with Gasteiger partial charge in [-0.05, 0) is 68.0 Å². The third-order valence-electron chi connectivity index (χ3n) is 4.38. The number of thiocarbonyl (C=S) groups is 1. The molecular weight excluding hydrogens is 362 g/mol. The molecule has 1 aliphatic heterocycles. The van der Waals surface area contributed by atoms with Gasteiger partial charge in [-0.1, -0.05) is 6.08 Å². The number of phenolic OH excluding ortho intramolecular Hbond substituents is 1. The van der Waals surface area contributed by atoms with Gasteiger partial charge < -0.3 is 9.67 Å². The molecule has 2 aromatic rings. The van der Waals surface area contributed by atoms with E-state index in [1.165, 1.54) is 4.90 Å². The number of benzene rings is 1. The Labute approximate surface area is 162 Å². The summed E-state index contributed by atoms with van der Waals surface area (Å²) >= 11 is 5.06. The number of rotatable bonds is 4. The number of hydrogen-bond acceptors (Lipinski definition) is 4. The number of carbonyl (C=O) groups excluding carboxylic acids is 2. The van der Waals surface area contributed by atoms with E-state index in [1.807, 2.05) is 24.5 Å². The SMILES string of the molecule is C=CCN1C(=O)/C(=C/c2cc(C)n(-c3ccc(O)cc3)c2C)C(=O)NC1=S. The van der Waals surface area contributed by atoms with E-state index in [1.54, 1.807) is 36.4 Å². The van der Waals surface area contributed by atoms with Gasteiger partial charge in [0.2, 0.25) is 0 Å². The van der Waals surface area contributed by atoms with E-state index in [0.717, 1.165) is 22.6 Å². The second-order valence-corrected chi connectivity index (χ2v) is 6.59. The Kier molecular flexibility index (Phi) is 4.96. The van der Waals surface area contributed by atoms with E-state index in [0.29, 0.717) is 0 Å². The third-order valence-corrected chi connectivity index (χ3v) is 4.70. The summed E-state index contributed by atoms with van der Waals surface area (Å²) in [4.78, 5) is 26.3. The molecule has 27 heavy (non-hydrogen) atoms. The molecule has 1 fully saturated rings. The molecule has 0 aliphatic carbocycles. The lowest BCUT2D eigenvalue weighted by Gasteiger charge is -2.27. The number of aromatic hydroxyl groups is 1. The van der Waals surface area contributed by atoms with Gasteiger partial charge in [0.25, 0.3) is 11.8 Å². The molecule has 138 valence electrons. The number of nitrogens with zero attached hydrogens (tertiary/aromatic N) is 2. The Hall–Kier alpha value is -3.19. The maximum absolute atomic E-state index is 12.7. The van der Waals surface area contributed by atoms with Gasteiger partial charge in [-0.3, -0.25) is 19.8 Å². The molecule has 0 bridgehead atoms. The number of aryl methyl sites for hydroxylation is 1. The Balaban J connectivity index is 2.04. The summed E-state index contributed by atoms with van der Waals surface area (Å²) in [5.41, 5.74) is 3.46. The zero-order valence-electron chi connectivity index (χ0n) is 15.0. The molecule has 2 amide bonds. The monoisotopic (exact) mass is 381 g/mol. The van der Waals surface area contributed by atoms with Crippen LogP contribution < -0.4 is 5.32 Å². The van der Waals surface area contributed by atoms with Gasteiger partial charge in [-0.25, -0.2) is 0 Å². The van der Waals surface area contributed by atoms with Crippen molar-refractivity contribution in [3.63, 3.8) is 0 Å². The fourth-order valence-corrected chi connectivity index (χ4v) is 3.33. The van der Waals surface area contributed by atoms with Crippen LogP contribution in [-0.4, -0.2) is 38.0 Å². The minimum atomic E-state index is -0.514. The van der Waals surface area contributed by atoms with Gasteiger partial charge in [0.15, 0.2) is 5.11 Å². The molecule has 2 N–H and O–H groups in total. The minimum absolute atomic E-state index is 0.0245. The van der Waals surface area contributed by atoms with Crippen molar-refractivity contribution in [1.82, 2.24) is 14.8 Å². The van der Waals surface area contributed by atoms with Crippen LogP contribution in [0.15, 0.2) is 48.6 Å². The number of carbonyl (C=O) groups is 2. The molecule has 0 radical (unpaired) electrons. The minimum Gasteiger partial charge on any atom is -0.508 e. The molecule has 1 aliphatic rings. The predicted octanol–water partition coefficient (Wildman–Crippen LogP) is 2.61. The Morgan fingerprint density at radius 1 is 1.22 bits per heavy atom. The first-order valence-electron chi connectivity index (χ1n) is 8.31. The summed E-state index contributed by atoms with van der Waals surface area (Å²) in [5, 5.41) is 12.1. The van der Waals surface area contributed by atoms with Gasteiger partial charge in [-0.15, -0.1) is 6.58 Å². The van der Waals surface area contributed by atoms with Crippen molar-refractivity contribution in [3.05, 3.63) is 65.5 Å². The number of phenols is 1. The lowest BCUT2D eigenvalue weighted by atomic mass is 10.1. The zero-order valence-corrected chi connectivity index (χ0v) is 15.8. The normalized spacial score (nSPS) is 16.0. The lowest BCUT2D eigenvalue weighted by molar-refractivity contribution is -0.128. The summed E-state index contributed by atoms with van der Waals surface area (Å²) in [6.07, 6.45) is 3.13. The summed E-state index contributed by atoms with van der Waals surface area (Å²) < 4.78 is 1.99. The standard InChI is InChI=1S/C20H19N3O3S/c1-4-9-22-19(26)17(18(25)21-20(22)27)11-14-10-12(2)23(13(14)3)15-5-7-16(24)8-6-15/h4-8,10-11,24H,1,9H2,2-3H3,(H,21,25,27)/b17-11+. The van der Waals surface area contributed by atoms with Crippen molar-refractivity contribution in [1.29, 1.82) is 0 Å². The summed E-state index contributed by atoms with van der Waals surface area (Å²) in [7, 11) is 0. The molecule has 0 atom stereocenters. The van der Waals surface area contributed by atoms with Crippen molar-refractivity contribution < 1.29 is 14.7 Å². The molecule has 0 spiro atoms. The highest BCUT2D eigenvalue weighted by atomic mass is 32.1. The van der Waals surface area contributed by atoms with Crippen LogP contribution in [0.25, 0.3) is 11.8 Å². The van der Waals surface area contributed by atoms with Crippen molar-refractivity contribution in [2.45, 2.75) is 13.8 Å². The highest BCUT2D eigenvalue weighted by Crippen LogP contribution is 2.25. The van der Waals surface area contributed by atoms with Crippen LogP contribution in [0.1, 0.15) is 17.0 Å². The molecule has 0 saturated carbocycles. The predicted molar refractivity (Wildman–Crippen MR) is 108 cm³/mol. The van der Waals surface area contributed by atoms with Gasteiger partial charge in [0, 0.05) is 23.6 Å². The van der Waals surface area contributed by atoms with E-state index in [4.69, 9.17) is 12.2 Å². The van der Waals surface area contributed by atoms with Crippen LogP contribution >= 0.6 is 12.2 Å². The van der Waals surface area contributed by atoms with Crippen LogP contribution in [0.4, 0.5) is 0 Å².